The molecule has 1 aromatic carbocycles. The molecule has 1 heterocycles. The quantitative estimate of drug-likeness (QED) is 0.884. The number of hydrogen-bond donors (Lipinski definition) is 1. The van der Waals surface area contributed by atoms with Crippen LogP contribution in [0.5, 0.6) is 0 Å². The molecule has 2 nitrogen and oxygen atoms in total. The van der Waals surface area contributed by atoms with Gasteiger partial charge in [-0.2, -0.15) is 0 Å². The highest BCUT2D eigenvalue weighted by Crippen LogP contribution is 2.35. The van der Waals surface area contributed by atoms with Crippen LogP contribution in [-0.2, 0) is 0 Å². The van der Waals surface area contributed by atoms with Crippen LogP contribution in [0, 0.1) is 12.8 Å². The SMILES string of the molecule is CCCN1CCCC(CN)C1c1ccc(C)cc1. The van der Waals surface area contributed by atoms with E-state index in [-0.39, 0.29) is 0 Å². The van der Waals surface area contributed by atoms with Crippen molar-refractivity contribution >= 4 is 0 Å². The van der Waals surface area contributed by atoms with Gasteiger partial charge in [-0.05, 0) is 57.3 Å². The van der Waals surface area contributed by atoms with Crippen LogP contribution in [0.3, 0.4) is 0 Å². The molecule has 1 aliphatic heterocycles. The number of hydrogen-bond acceptors (Lipinski definition) is 2. The number of likely N-dealkylation sites (tertiary alicyclic amines) is 1. The fourth-order valence-corrected chi connectivity index (χ4v) is 3.18. The van der Waals surface area contributed by atoms with E-state index in [9.17, 15) is 0 Å². The smallest absolute Gasteiger partial charge is 0.0388 e. The van der Waals surface area contributed by atoms with Crippen molar-refractivity contribution < 1.29 is 0 Å². The molecule has 0 spiro atoms. The second-order valence-electron chi connectivity index (χ2n) is 5.53. The molecule has 0 aromatic heterocycles. The lowest BCUT2D eigenvalue weighted by molar-refractivity contribution is 0.0960. The Morgan fingerprint density at radius 3 is 2.61 bits per heavy atom. The third-order valence-corrected chi connectivity index (χ3v) is 4.09. The average molecular weight is 246 g/mol. The van der Waals surface area contributed by atoms with Gasteiger partial charge in [0.25, 0.3) is 0 Å². The maximum Gasteiger partial charge on any atom is 0.0388 e. The summed E-state index contributed by atoms with van der Waals surface area (Å²) in [4.78, 5) is 2.63. The topological polar surface area (TPSA) is 29.3 Å². The van der Waals surface area contributed by atoms with E-state index in [0.29, 0.717) is 12.0 Å². The molecule has 100 valence electrons. The molecule has 1 aromatic rings. The van der Waals surface area contributed by atoms with Crippen LogP contribution in [0.4, 0.5) is 0 Å². The fraction of sp³-hybridized carbons (Fsp3) is 0.625. The molecule has 18 heavy (non-hydrogen) atoms. The first kappa shape index (κ1) is 13.6. The normalized spacial score (nSPS) is 25.3. The van der Waals surface area contributed by atoms with Gasteiger partial charge in [0.2, 0.25) is 0 Å². The highest BCUT2D eigenvalue weighted by Gasteiger charge is 2.30. The second-order valence-corrected chi connectivity index (χ2v) is 5.53. The Kier molecular flexibility index (Phi) is 4.79. The Hall–Kier alpha value is -0.860. The van der Waals surface area contributed by atoms with Gasteiger partial charge in [0.05, 0.1) is 0 Å². The molecule has 2 unspecified atom stereocenters. The third-order valence-electron chi connectivity index (χ3n) is 4.09. The zero-order valence-electron chi connectivity index (χ0n) is 11.7. The van der Waals surface area contributed by atoms with Crippen LogP contribution in [-0.4, -0.2) is 24.5 Å². The minimum atomic E-state index is 0.532. The number of rotatable bonds is 4. The molecule has 0 radical (unpaired) electrons. The van der Waals surface area contributed by atoms with Crippen molar-refractivity contribution in [2.75, 3.05) is 19.6 Å². The van der Waals surface area contributed by atoms with E-state index in [2.05, 4.69) is 43.0 Å². The monoisotopic (exact) mass is 246 g/mol. The largest absolute Gasteiger partial charge is 0.330 e. The molecule has 2 heteroatoms. The van der Waals surface area contributed by atoms with Crippen LogP contribution in [0.1, 0.15) is 43.4 Å². The van der Waals surface area contributed by atoms with Gasteiger partial charge in [-0.25, -0.2) is 0 Å². The Bertz CT molecular complexity index is 356. The van der Waals surface area contributed by atoms with Gasteiger partial charge in [-0.1, -0.05) is 36.8 Å². The van der Waals surface area contributed by atoms with Crippen LogP contribution < -0.4 is 5.73 Å². The molecule has 1 fully saturated rings. The van der Waals surface area contributed by atoms with Gasteiger partial charge in [0, 0.05) is 6.04 Å². The van der Waals surface area contributed by atoms with E-state index in [4.69, 9.17) is 5.73 Å². The third kappa shape index (κ3) is 2.93. The minimum Gasteiger partial charge on any atom is -0.330 e. The van der Waals surface area contributed by atoms with E-state index in [0.717, 1.165) is 6.54 Å². The van der Waals surface area contributed by atoms with Gasteiger partial charge in [0.1, 0.15) is 0 Å². The summed E-state index contributed by atoms with van der Waals surface area (Å²) < 4.78 is 0. The first-order valence-electron chi connectivity index (χ1n) is 7.27. The zero-order valence-corrected chi connectivity index (χ0v) is 11.7. The van der Waals surface area contributed by atoms with E-state index in [1.165, 1.54) is 43.5 Å². The first-order valence-corrected chi connectivity index (χ1v) is 7.27. The van der Waals surface area contributed by atoms with Gasteiger partial charge >= 0.3 is 0 Å². The molecule has 2 atom stereocenters. The van der Waals surface area contributed by atoms with Crippen molar-refractivity contribution in [3.63, 3.8) is 0 Å². The molecule has 2 N–H and O–H groups in total. The Morgan fingerprint density at radius 2 is 2.00 bits per heavy atom. The summed E-state index contributed by atoms with van der Waals surface area (Å²) in [6, 6.07) is 9.56. The summed E-state index contributed by atoms with van der Waals surface area (Å²) in [7, 11) is 0. The highest BCUT2D eigenvalue weighted by atomic mass is 15.2. The maximum absolute atomic E-state index is 5.99. The van der Waals surface area contributed by atoms with Crippen molar-refractivity contribution in [1.29, 1.82) is 0 Å². The summed E-state index contributed by atoms with van der Waals surface area (Å²) in [6.45, 7) is 7.63. The maximum atomic E-state index is 5.99. The molecular weight excluding hydrogens is 220 g/mol. The number of aryl methyl sites for hydroxylation is 1. The fourth-order valence-electron chi connectivity index (χ4n) is 3.18. The van der Waals surface area contributed by atoms with E-state index in [1.54, 1.807) is 0 Å². The van der Waals surface area contributed by atoms with Crippen molar-refractivity contribution in [2.45, 2.75) is 39.2 Å². The van der Waals surface area contributed by atoms with Crippen LogP contribution >= 0.6 is 0 Å². The lowest BCUT2D eigenvalue weighted by Gasteiger charge is -2.41. The highest BCUT2D eigenvalue weighted by molar-refractivity contribution is 5.25. The predicted octanol–water partition coefficient (Wildman–Crippen LogP) is 3.12. The first-order chi connectivity index (χ1) is 8.76. The molecule has 0 saturated carbocycles. The van der Waals surface area contributed by atoms with Gasteiger partial charge in [0.15, 0.2) is 0 Å². The number of nitrogens with two attached hydrogens (primary N) is 1. The van der Waals surface area contributed by atoms with Crippen LogP contribution in [0.2, 0.25) is 0 Å². The van der Waals surface area contributed by atoms with Crippen molar-refractivity contribution in [3.05, 3.63) is 35.4 Å². The Labute approximate surface area is 111 Å². The van der Waals surface area contributed by atoms with Gasteiger partial charge < -0.3 is 5.73 Å². The van der Waals surface area contributed by atoms with E-state index in [1.807, 2.05) is 0 Å². The second kappa shape index (κ2) is 6.35. The average Bonchev–Trinajstić information content (AvgIpc) is 2.40. The molecule has 0 bridgehead atoms. The lowest BCUT2D eigenvalue weighted by atomic mass is 9.84. The Balaban J connectivity index is 2.24. The summed E-state index contributed by atoms with van der Waals surface area (Å²) in [5.74, 6) is 0.619. The lowest BCUT2D eigenvalue weighted by Crippen LogP contribution is -2.41. The van der Waals surface area contributed by atoms with Gasteiger partial charge in [-0.15, -0.1) is 0 Å². The van der Waals surface area contributed by atoms with Crippen molar-refractivity contribution in [1.82, 2.24) is 4.90 Å². The van der Waals surface area contributed by atoms with E-state index >= 15 is 0 Å². The molecule has 2 rings (SSSR count). The number of benzene rings is 1. The molecule has 0 aliphatic carbocycles. The predicted molar refractivity (Wildman–Crippen MR) is 77.6 cm³/mol. The van der Waals surface area contributed by atoms with Crippen LogP contribution in [0.25, 0.3) is 0 Å². The summed E-state index contributed by atoms with van der Waals surface area (Å²) in [5, 5.41) is 0. The standard InChI is InChI=1S/C16H26N2/c1-3-10-18-11-4-5-15(12-17)16(18)14-8-6-13(2)7-9-14/h6-9,15-16H,3-5,10-12,17H2,1-2H3. The van der Waals surface area contributed by atoms with Crippen LogP contribution in [0.15, 0.2) is 24.3 Å². The van der Waals surface area contributed by atoms with E-state index < -0.39 is 0 Å². The van der Waals surface area contributed by atoms with Gasteiger partial charge in [-0.3, -0.25) is 4.90 Å². The Morgan fingerprint density at radius 1 is 1.28 bits per heavy atom. The van der Waals surface area contributed by atoms with Crippen molar-refractivity contribution in [2.24, 2.45) is 11.7 Å². The molecule has 0 amide bonds. The molecule has 1 saturated heterocycles. The minimum absolute atomic E-state index is 0.532. The summed E-state index contributed by atoms with van der Waals surface area (Å²) in [6.07, 6.45) is 3.79. The van der Waals surface area contributed by atoms with Crippen molar-refractivity contribution in [3.8, 4) is 0 Å². The number of piperidine rings is 1. The summed E-state index contributed by atoms with van der Waals surface area (Å²) in [5.41, 5.74) is 8.78. The summed E-state index contributed by atoms with van der Waals surface area (Å²) >= 11 is 0. The zero-order chi connectivity index (χ0) is 13.0. The molecular formula is C16H26N2. The number of nitrogens with zero attached hydrogens (tertiary/aromatic N) is 1. The molecule has 1 aliphatic rings.